The van der Waals surface area contributed by atoms with Gasteiger partial charge in [-0.3, -0.25) is 4.79 Å². The highest BCUT2D eigenvalue weighted by molar-refractivity contribution is 6.69. The molecular weight excluding hydrogens is 434 g/mol. The van der Waals surface area contributed by atoms with Crippen LogP contribution in [-0.4, -0.2) is 35.9 Å². The van der Waals surface area contributed by atoms with Gasteiger partial charge in [0.15, 0.2) is 8.32 Å². The topological polar surface area (TPSA) is 95.5 Å². The summed E-state index contributed by atoms with van der Waals surface area (Å²) in [5.41, 5.74) is 3.76. The Kier molecular flexibility index (Phi) is 6.10. The average molecular weight is 462 g/mol. The van der Waals surface area contributed by atoms with E-state index in [0.29, 0.717) is 29.9 Å². The molecule has 2 aromatic carbocycles. The summed E-state index contributed by atoms with van der Waals surface area (Å²) in [6, 6.07) is 10.6. The molecular formula is C25H27N3O4Si. The molecule has 8 heteroatoms. The molecule has 1 heterocycles. The number of nitrogens with one attached hydrogen (secondary N) is 1. The van der Waals surface area contributed by atoms with Crippen LogP contribution in [0.4, 0.5) is 5.69 Å². The number of terminal acetylenes is 1. The maximum absolute atomic E-state index is 12.9. The van der Waals surface area contributed by atoms with Crippen LogP contribution in [0.2, 0.25) is 19.6 Å². The van der Waals surface area contributed by atoms with E-state index in [0.717, 1.165) is 29.7 Å². The van der Waals surface area contributed by atoms with Crippen LogP contribution in [0.1, 0.15) is 39.8 Å². The van der Waals surface area contributed by atoms with Gasteiger partial charge in [0.2, 0.25) is 0 Å². The molecule has 0 spiro atoms. The van der Waals surface area contributed by atoms with Crippen molar-refractivity contribution in [1.82, 2.24) is 9.97 Å². The number of aromatic carboxylic acids is 1. The first-order chi connectivity index (χ1) is 15.7. The monoisotopic (exact) mass is 461 g/mol. The molecule has 2 N–H and O–H groups in total. The van der Waals surface area contributed by atoms with E-state index in [9.17, 15) is 14.7 Å². The molecule has 0 aliphatic heterocycles. The Bertz CT molecular complexity index is 1300. The second-order valence-corrected chi connectivity index (χ2v) is 13.7. The van der Waals surface area contributed by atoms with E-state index < -0.39 is 14.3 Å². The van der Waals surface area contributed by atoms with Crippen molar-refractivity contribution in [3.63, 3.8) is 0 Å². The molecule has 1 unspecified atom stereocenters. The van der Waals surface area contributed by atoms with Gasteiger partial charge >= 0.3 is 5.97 Å². The molecule has 1 aliphatic rings. The third-order valence-corrected chi connectivity index (χ3v) is 6.80. The van der Waals surface area contributed by atoms with E-state index in [1.54, 1.807) is 24.3 Å². The third kappa shape index (κ3) is 4.84. The van der Waals surface area contributed by atoms with Gasteiger partial charge in [-0.1, -0.05) is 5.92 Å². The minimum atomic E-state index is -1.73. The van der Waals surface area contributed by atoms with Crippen LogP contribution in [0.25, 0.3) is 10.9 Å². The molecule has 0 amide bonds. The summed E-state index contributed by atoms with van der Waals surface area (Å²) in [7, 11) is -1.73. The first kappa shape index (κ1) is 22.8. The Morgan fingerprint density at radius 1 is 1.30 bits per heavy atom. The lowest BCUT2D eigenvalue weighted by Gasteiger charge is -2.30. The molecule has 0 saturated heterocycles. The zero-order chi connectivity index (χ0) is 23.8. The van der Waals surface area contributed by atoms with Gasteiger partial charge in [-0.25, -0.2) is 9.78 Å². The van der Waals surface area contributed by atoms with Gasteiger partial charge in [-0.2, -0.15) is 0 Å². The van der Waals surface area contributed by atoms with Crippen molar-refractivity contribution in [2.75, 3.05) is 11.4 Å². The smallest absolute Gasteiger partial charge is 0.335 e. The van der Waals surface area contributed by atoms with Crippen LogP contribution < -0.4 is 10.5 Å². The maximum Gasteiger partial charge on any atom is 0.335 e. The summed E-state index contributed by atoms with van der Waals surface area (Å²) in [5.74, 6) is 2.28. The Labute approximate surface area is 193 Å². The molecule has 0 radical (unpaired) electrons. The summed E-state index contributed by atoms with van der Waals surface area (Å²) in [5, 5.41) is 9.73. The van der Waals surface area contributed by atoms with Crippen molar-refractivity contribution in [2.24, 2.45) is 0 Å². The van der Waals surface area contributed by atoms with Crippen LogP contribution >= 0.6 is 0 Å². The van der Waals surface area contributed by atoms with E-state index >= 15 is 0 Å². The Morgan fingerprint density at radius 3 is 2.67 bits per heavy atom. The highest BCUT2D eigenvalue weighted by atomic mass is 28.4. The number of carboxylic acids is 1. The molecule has 7 nitrogen and oxygen atoms in total. The van der Waals surface area contributed by atoms with Crippen molar-refractivity contribution >= 4 is 30.9 Å². The first-order valence-electron chi connectivity index (χ1n) is 10.9. The fourth-order valence-electron chi connectivity index (χ4n) is 4.22. The summed E-state index contributed by atoms with van der Waals surface area (Å²) in [6.07, 6.45) is 7.35. The van der Waals surface area contributed by atoms with E-state index in [-0.39, 0.29) is 17.2 Å². The summed E-state index contributed by atoms with van der Waals surface area (Å²) < 4.78 is 5.90. The van der Waals surface area contributed by atoms with Crippen molar-refractivity contribution < 1.29 is 14.3 Å². The number of anilines is 1. The third-order valence-electron chi connectivity index (χ3n) is 5.79. The number of aromatic nitrogens is 2. The second kappa shape index (κ2) is 8.85. The van der Waals surface area contributed by atoms with E-state index in [2.05, 4.69) is 40.4 Å². The second-order valence-electron chi connectivity index (χ2n) is 9.22. The largest absolute Gasteiger partial charge is 0.478 e. The predicted molar refractivity (Wildman–Crippen MR) is 131 cm³/mol. The number of carbonyl (C=O) groups is 1. The van der Waals surface area contributed by atoms with Gasteiger partial charge in [0.05, 0.1) is 35.7 Å². The first-order valence-corrected chi connectivity index (χ1v) is 14.3. The summed E-state index contributed by atoms with van der Waals surface area (Å²) in [6.45, 7) is 6.95. The quantitative estimate of drug-likeness (QED) is 0.406. The van der Waals surface area contributed by atoms with Crippen LogP contribution in [0.15, 0.2) is 41.2 Å². The van der Waals surface area contributed by atoms with Gasteiger partial charge in [-0.05, 0) is 80.0 Å². The van der Waals surface area contributed by atoms with Crippen LogP contribution in [-0.2, 0) is 17.5 Å². The zero-order valence-electron chi connectivity index (χ0n) is 19.0. The Balaban J connectivity index is 1.70. The van der Waals surface area contributed by atoms with Gasteiger partial charge in [0, 0.05) is 5.69 Å². The molecule has 0 fully saturated rings. The fourth-order valence-corrected chi connectivity index (χ4v) is 4.79. The zero-order valence-corrected chi connectivity index (χ0v) is 20.0. The molecule has 170 valence electrons. The standard InChI is InChI=1S/C25H27N3O4Si/c1-5-12-28(18-9-6-16(7-10-18)25(30)31)22-11-8-17-13-21-20(14-19(17)22)24(29)27-23(26-21)15-32-33(2,3)4/h1,6-7,9-10,13-14,22H,8,11-12,15H2,2-4H3,(H,30,31)(H,26,27,29). The molecule has 0 bridgehead atoms. The van der Waals surface area contributed by atoms with Gasteiger partial charge in [0.1, 0.15) is 5.82 Å². The SMILES string of the molecule is C#CCN(c1ccc(C(=O)O)cc1)C1CCc2cc3nc(CO[Si](C)(C)C)[nH]c(=O)c3cc21. The molecule has 4 rings (SSSR count). The highest BCUT2D eigenvalue weighted by Crippen LogP contribution is 2.39. The fraction of sp³-hybridized carbons (Fsp3) is 0.320. The number of rotatable bonds is 7. The summed E-state index contributed by atoms with van der Waals surface area (Å²) >= 11 is 0. The number of nitrogens with zero attached hydrogens (tertiary/aromatic N) is 2. The maximum atomic E-state index is 12.9. The van der Waals surface area contributed by atoms with Crippen molar-refractivity contribution in [2.45, 2.75) is 45.1 Å². The lowest BCUT2D eigenvalue weighted by atomic mass is 10.0. The number of benzene rings is 2. The number of fused-ring (bicyclic) bond motifs is 2. The van der Waals surface area contributed by atoms with E-state index in [1.807, 2.05) is 12.1 Å². The van der Waals surface area contributed by atoms with Crippen LogP contribution in [0.5, 0.6) is 0 Å². The van der Waals surface area contributed by atoms with Crippen LogP contribution in [0, 0.1) is 12.3 Å². The van der Waals surface area contributed by atoms with Crippen molar-refractivity contribution in [3.05, 3.63) is 69.3 Å². The molecule has 1 atom stereocenters. The van der Waals surface area contributed by atoms with E-state index in [1.165, 1.54) is 0 Å². The summed E-state index contributed by atoms with van der Waals surface area (Å²) in [4.78, 5) is 33.7. The predicted octanol–water partition coefficient (Wildman–Crippen LogP) is 4.10. The number of hydrogen-bond acceptors (Lipinski definition) is 5. The minimum absolute atomic E-state index is 0.00886. The minimum Gasteiger partial charge on any atom is -0.478 e. The highest BCUT2D eigenvalue weighted by Gasteiger charge is 2.29. The Hall–Kier alpha value is -3.41. The Morgan fingerprint density at radius 2 is 2.03 bits per heavy atom. The number of aromatic amines is 1. The number of aryl methyl sites for hydroxylation is 1. The lowest BCUT2D eigenvalue weighted by molar-refractivity contribution is 0.0697. The molecule has 3 aromatic rings. The lowest BCUT2D eigenvalue weighted by Crippen LogP contribution is -2.28. The van der Waals surface area contributed by atoms with Gasteiger partial charge in [-0.15, -0.1) is 6.42 Å². The van der Waals surface area contributed by atoms with Crippen LogP contribution in [0.3, 0.4) is 0 Å². The van der Waals surface area contributed by atoms with Crippen molar-refractivity contribution in [1.29, 1.82) is 0 Å². The molecule has 33 heavy (non-hydrogen) atoms. The average Bonchev–Trinajstić information content (AvgIpc) is 3.17. The molecule has 1 aromatic heterocycles. The molecule has 0 saturated carbocycles. The molecule has 1 aliphatic carbocycles. The van der Waals surface area contributed by atoms with E-state index in [4.69, 9.17) is 10.8 Å². The number of carboxylic acid groups (broad SMARTS) is 1. The number of hydrogen-bond donors (Lipinski definition) is 2. The van der Waals surface area contributed by atoms with Gasteiger partial charge in [0.25, 0.3) is 5.56 Å². The van der Waals surface area contributed by atoms with Crippen molar-refractivity contribution in [3.8, 4) is 12.3 Å². The normalized spacial score (nSPS) is 15.3. The van der Waals surface area contributed by atoms with Gasteiger partial charge < -0.3 is 19.4 Å². The number of H-pyrrole nitrogens is 1.